The molecule has 1 aliphatic heterocycles. The Bertz CT molecular complexity index is 682. The van der Waals surface area contributed by atoms with Gasteiger partial charge in [-0.3, -0.25) is 9.59 Å². The van der Waals surface area contributed by atoms with Crippen molar-refractivity contribution in [2.75, 3.05) is 19.5 Å². The third-order valence-corrected chi connectivity index (χ3v) is 4.79. The summed E-state index contributed by atoms with van der Waals surface area (Å²) >= 11 is 0. The molecule has 1 aromatic carbocycles. The van der Waals surface area contributed by atoms with Gasteiger partial charge >= 0.3 is 11.8 Å². The fraction of sp³-hybridized carbons (Fsp3) is 0.579. The van der Waals surface area contributed by atoms with Gasteiger partial charge in [0, 0.05) is 23.2 Å². The smallest absolute Gasteiger partial charge is 0.314 e. The third-order valence-electron chi connectivity index (χ3n) is 4.79. The molecule has 7 heteroatoms. The zero-order valence-corrected chi connectivity index (χ0v) is 16.4. The van der Waals surface area contributed by atoms with Crippen LogP contribution in [-0.2, 0) is 9.59 Å². The van der Waals surface area contributed by atoms with Crippen molar-refractivity contribution >= 4 is 17.5 Å². The summed E-state index contributed by atoms with van der Waals surface area (Å²) in [5.41, 5.74) is 5.49. The Labute approximate surface area is 154 Å². The molecule has 1 aromatic rings. The molecular formula is C19H29N3O4. The Kier molecular flexibility index (Phi) is 5.51. The van der Waals surface area contributed by atoms with E-state index >= 15 is 0 Å². The molecule has 0 radical (unpaired) electrons. The fourth-order valence-electron chi connectivity index (χ4n) is 4.10. The van der Waals surface area contributed by atoms with E-state index in [1.807, 2.05) is 27.7 Å². The Morgan fingerprint density at radius 3 is 2.19 bits per heavy atom. The van der Waals surface area contributed by atoms with Crippen molar-refractivity contribution in [2.24, 2.45) is 5.73 Å². The maximum absolute atomic E-state index is 13.0. The highest BCUT2D eigenvalue weighted by Gasteiger charge is 2.48. The van der Waals surface area contributed by atoms with Crippen LogP contribution in [0, 0.1) is 0 Å². The van der Waals surface area contributed by atoms with Crippen molar-refractivity contribution in [2.45, 2.75) is 57.7 Å². The first-order valence-corrected chi connectivity index (χ1v) is 8.65. The third kappa shape index (κ3) is 3.93. The number of methoxy groups -OCH3 is 2. The van der Waals surface area contributed by atoms with E-state index in [1.54, 1.807) is 23.1 Å². The number of nitrogens with zero attached hydrogens (tertiary/aromatic N) is 1. The molecule has 1 aliphatic rings. The monoisotopic (exact) mass is 363 g/mol. The van der Waals surface area contributed by atoms with E-state index in [1.165, 1.54) is 14.2 Å². The minimum Gasteiger partial charge on any atom is -0.497 e. The number of nitrogens with two attached hydrogens (primary N) is 1. The number of piperidine rings is 1. The van der Waals surface area contributed by atoms with Crippen LogP contribution in [0.3, 0.4) is 0 Å². The maximum Gasteiger partial charge on any atom is 0.314 e. The number of likely N-dealkylation sites (tertiary alicyclic amines) is 1. The summed E-state index contributed by atoms with van der Waals surface area (Å²) in [6.07, 6.45) is 1.27. The standard InChI is InChI=1S/C19H29N3O4/c1-18(2)10-12(20)11-19(3,4)22(18)17(24)16(23)21-14-9-13(25-5)7-8-15(14)26-6/h7-9,12H,10-11,20H2,1-6H3,(H,21,23). The average Bonchev–Trinajstić information content (AvgIpc) is 2.51. The van der Waals surface area contributed by atoms with Crippen molar-refractivity contribution in [3.63, 3.8) is 0 Å². The van der Waals surface area contributed by atoms with Crippen LogP contribution in [0.5, 0.6) is 11.5 Å². The first-order chi connectivity index (χ1) is 12.0. The Balaban J connectivity index is 2.28. The molecular weight excluding hydrogens is 334 g/mol. The molecule has 0 atom stereocenters. The van der Waals surface area contributed by atoms with Crippen LogP contribution in [0.25, 0.3) is 0 Å². The highest BCUT2D eigenvalue weighted by Crippen LogP contribution is 2.38. The molecule has 1 fully saturated rings. The second-order valence-corrected chi connectivity index (χ2v) is 7.95. The summed E-state index contributed by atoms with van der Waals surface area (Å²) in [6, 6.07) is 5.00. The van der Waals surface area contributed by atoms with Gasteiger partial charge in [-0.15, -0.1) is 0 Å². The molecule has 26 heavy (non-hydrogen) atoms. The zero-order valence-electron chi connectivity index (χ0n) is 16.4. The SMILES string of the molecule is COc1ccc(OC)c(NC(=O)C(=O)N2C(C)(C)CC(N)CC2(C)C)c1. The van der Waals surface area contributed by atoms with E-state index in [2.05, 4.69) is 5.32 Å². The number of hydrogen-bond donors (Lipinski definition) is 2. The van der Waals surface area contributed by atoms with E-state index < -0.39 is 22.9 Å². The van der Waals surface area contributed by atoms with Gasteiger partial charge in [-0.1, -0.05) is 0 Å². The van der Waals surface area contributed by atoms with Gasteiger partial charge in [-0.25, -0.2) is 0 Å². The van der Waals surface area contributed by atoms with Gasteiger partial charge in [-0.2, -0.15) is 0 Å². The van der Waals surface area contributed by atoms with Gasteiger partial charge in [0.1, 0.15) is 11.5 Å². The minimum atomic E-state index is -0.715. The fourth-order valence-corrected chi connectivity index (χ4v) is 4.10. The second kappa shape index (κ2) is 7.15. The number of hydrogen-bond acceptors (Lipinski definition) is 5. The van der Waals surface area contributed by atoms with E-state index in [9.17, 15) is 9.59 Å². The lowest BCUT2D eigenvalue weighted by molar-refractivity contribution is -0.156. The summed E-state index contributed by atoms with van der Waals surface area (Å²) in [6.45, 7) is 7.74. The largest absolute Gasteiger partial charge is 0.497 e. The van der Waals surface area contributed by atoms with E-state index in [4.69, 9.17) is 15.2 Å². The number of rotatable bonds is 3. The van der Waals surface area contributed by atoms with Gasteiger partial charge in [0.25, 0.3) is 0 Å². The van der Waals surface area contributed by atoms with Gasteiger partial charge < -0.3 is 25.4 Å². The number of benzene rings is 1. The van der Waals surface area contributed by atoms with Gasteiger partial charge in [0.15, 0.2) is 0 Å². The van der Waals surface area contributed by atoms with E-state index in [0.717, 1.165) is 0 Å². The van der Waals surface area contributed by atoms with E-state index in [0.29, 0.717) is 30.0 Å². The average molecular weight is 363 g/mol. The maximum atomic E-state index is 13.0. The van der Waals surface area contributed by atoms with Crippen LogP contribution in [0.4, 0.5) is 5.69 Å². The molecule has 3 N–H and O–H groups in total. The van der Waals surface area contributed by atoms with Crippen molar-refractivity contribution in [1.82, 2.24) is 4.90 Å². The van der Waals surface area contributed by atoms with Gasteiger partial charge in [0.05, 0.1) is 19.9 Å². The highest BCUT2D eigenvalue weighted by atomic mass is 16.5. The number of nitrogens with one attached hydrogen (secondary N) is 1. The molecule has 2 amide bonds. The van der Waals surface area contributed by atoms with Crippen molar-refractivity contribution in [3.05, 3.63) is 18.2 Å². The summed E-state index contributed by atoms with van der Waals surface area (Å²) in [4.78, 5) is 27.3. The predicted octanol–water partition coefficient (Wildman–Crippen LogP) is 2.15. The molecule has 7 nitrogen and oxygen atoms in total. The summed E-state index contributed by atoms with van der Waals surface area (Å²) in [5, 5.41) is 2.65. The van der Waals surface area contributed by atoms with Crippen molar-refractivity contribution < 1.29 is 19.1 Å². The molecule has 144 valence electrons. The zero-order chi connectivity index (χ0) is 19.7. The van der Waals surface area contributed by atoms with Gasteiger partial charge in [0.2, 0.25) is 0 Å². The first kappa shape index (κ1) is 20.0. The van der Waals surface area contributed by atoms with Crippen LogP contribution in [0.2, 0.25) is 0 Å². The highest BCUT2D eigenvalue weighted by molar-refractivity contribution is 6.40. The lowest BCUT2D eigenvalue weighted by Gasteiger charge is -2.54. The summed E-state index contributed by atoms with van der Waals surface area (Å²) in [7, 11) is 3.03. The Morgan fingerprint density at radius 1 is 1.12 bits per heavy atom. The summed E-state index contributed by atoms with van der Waals surface area (Å²) in [5.74, 6) is -0.297. The number of anilines is 1. The molecule has 1 saturated heterocycles. The number of ether oxygens (including phenoxy) is 2. The minimum absolute atomic E-state index is 0.00871. The summed E-state index contributed by atoms with van der Waals surface area (Å²) < 4.78 is 10.4. The Hall–Kier alpha value is -2.28. The second-order valence-electron chi connectivity index (χ2n) is 7.95. The van der Waals surface area contributed by atoms with Crippen LogP contribution < -0.4 is 20.5 Å². The normalized spacial score (nSPS) is 19.0. The van der Waals surface area contributed by atoms with Crippen LogP contribution in [0.1, 0.15) is 40.5 Å². The number of carbonyl (C=O) groups is 2. The molecule has 1 heterocycles. The van der Waals surface area contributed by atoms with E-state index in [-0.39, 0.29) is 6.04 Å². The van der Waals surface area contributed by atoms with Crippen molar-refractivity contribution in [1.29, 1.82) is 0 Å². The topological polar surface area (TPSA) is 93.9 Å². The van der Waals surface area contributed by atoms with Crippen LogP contribution in [-0.4, -0.2) is 48.1 Å². The molecule has 0 aliphatic carbocycles. The lowest BCUT2D eigenvalue weighted by Crippen LogP contribution is -2.66. The quantitative estimate of drug-likeness (QED) is 0.803. The van der Waals surface area contributed by atoms with Crippen molar-refractivity contribution in [3.8, 4) is 11.5 Å². The molecule has 0 spiro atoms. The Morgan fingerprint density at radius 2 is 1.69 bits per heavy atom. The predicted molar refractivity (Wildman–Crippen MR) is 100 cm³/mol. The number of amides is 2. The molecule has 2 rings (SSSR count). The van der Waals surface area contributed by atoms with Gasteiger partial charge in [-0.05, 0) is 52.7 Å². The first-order valence-electron chi connectivity index (χ1n) is 8.65. The molecule has 0 unspecified atom stereocenters. The lowest BCUT2D eigenvalue weighted by atomic mass is 9.77. The molecule has 0 saturated carbocycles. The number of carbonyl (C=O) groups excluding carboxylic acids is 2. The van der Waals surface area contributed by atoms with Crippen LogP contribution in [0.15, 0.2) is 18.2 Å². The molecule has 0 bridgehead atoms. The molecule has 0 aromatic heterocycles. The van der Waals surface area contributed by atoms with Crippen LogP contribution >= 0.6 is 0 Å².